The van der Waals surface area contributed by atoms with Gasteiger partial charge in [0.1, 0.15) is 12.4 Å². The molecule has 78 valence electrons. The Balaban J connectivity index is 2.55. The van der Waals surface area contributed by atoms with E-state index >= 15 is 0 Å². The lowest BCUT2D eigenvalue weighted by molar-refractivity contribution is 0.122. The maximum absolute atomic E-state index is 9.01. The predicted octanol–water partition coefficient (Wildman–Crippen LogP) is 1.47. The summed E-state index contributed by atoms with van der Waals surface area (Å²) in [4.78, 5) is 0. The summed E-state index contributed by atoms with van der Waals surface area (Å²) in [5.41, 5.74) is 6.78. The van der Waals surface area contributed by atoms with Gasteiger partial charge in [-0.2, -0.15) is 0 Å². The lowest BCUT2D eigenvalue weighted by Crippen LogP contribution is -2.12. The van der Waals surface area contributed by atoms with E-state index < -0.39 is 6.10 Å². The highest BCUT2D eigenvalue weighted by Gasteiger charge is 2.00. The molecule has 14 heavy (non-hydrogen) atoms. The molecule has 0 aliphatic carbocycles. The van der Waals surface area contributed by atoms with E-state index in [9.17, 15) is 0 Å². The molecule has 0 bridgehead atoms. The highest BCUT2D eigenvalue weighted by Crippen LogP contribution is 2.15. The number of rotatable bonds is 4. The van der Waals surface area contributed by atoms with Crippen LogP contribution in [0.2, 0.25) is 0 Å². The van der Waals surface area contributed by atoms with Crippen molar-refractivity contribution in [1.82, 2.24) is 0 Å². The molecule has 0 amide bonds. The molecule has 1 aromatic rings. The predicted molar refractivity (Wildman–Crippen MR) is 56.2 cm³/mol. The summed E-state index contributed by atoms with van der Waals surface area (Å²) >= 11 is 0. The normalized spacial score (nSPS) is 14.9. The third kappa shape index (κ3) is 3.36. The zero-order chi connectivity index (χ0) is 10.6. The summed E-state index contributed by atoms with van der Waals surface area (Å²) < 4.78 is 5.31. The molecule has 0 aromatic heterocycles. The molecule has 3 heteroatoms. The van der Waals surface area contributed by atoms with Crippen LogP contribution in [0.5, 0.6) is 5.75 Å². The summed E-state index contributed by atoms with van der Waals surface area (Å²) in [6.07, 6.45) is -0.442. The van der Waals surface area contributed by atoms with E-state index in [1.807, 2.05) is 31.2 Å². The van der Waals surface area contributed by atoms with Crippen LogP contribution >= 0.6 is 0 Å². The van der Waals surface area contributed by atoms with E-state index in [2.05, 4.69) is 0 Å². The molecule has 3 N–H and O–H groups in total. The number of hydrogen-bond acceptors (Lipinski definition) is 3. The Morgan fingerprint density at radius 1 is 1.29 bits per heavy atom. The fraction of sp³-hybridized carbons (Fsp3) is 0.455. The van der Waals surface area contributed by atoms with Crippen molar-refractivity contribution in [1.29, 1.82) is 0 Å². The average molecular weight is 195 g/mol. The van der Waals surface area contributed by atoms with E-state index in [0.717, 1.165) is 11.3 Å². The van der Waals surface area contributed by atoms with Crippen LogP contribution in [-0.2, 0) is 0 Å². The van der Waals surface area contributed by atoms with E-state index in [4.69, 9.17) is 15.6 Å². The lowest BCUT2D eigenvalue weighted by Gasteiger charge is -2.09. The van der Waals surface area contributed by atoms with Crippen molar-refractivity contribution in [3.63, 3.8) is 0 Å². The average Bonchev–Trinajstić information content (AvgIpc) is 2.15. The molecule has 1 unspecified atom stereocenters. The van der Waals surface area contributed by atoms with Gasteiger partial charge in [0.25, 0.3) is 0 Å². The van der Waals surface area contributed by atoms with Gasteiger partial charge in [0, 0.05) is 6.04 Å². The van der Waals surface area contributed by atoms with E-state index in [1.54, 1.807) is 6.92 Å². The Bertz CT molecular complexity index is 267. The number of aliphatic hydroxyl groups excluding tert-OH is 1. The fourth-order valence-corrected chi connectivity index (χ4v) is 1.08. The maximum Gasteiger partial charge on any atom is 0.119 e. The van der Waals surface area contributed by atoms with Crippen LogP contribution in [0.3, 0.4) is 0 Å². The molecule has 0 fully saturated rings. The highest BCUT2D eigenvalue weighted by atomic mass is 16.5. The first-order valence-electron chi connectivity index (χ1n) is 4.76. The topological polar surface area (TPSA) is 55.5 Å². The number of nitrogens with two attached hydrogens (primary N) is 1. The molecule has 1 rings (SSSR count). The first-order chi connectivity index (χ1) is 6.59. The lowest BCUT2D eigenvalue weighted by atomic mass is 10.1. The molecular formula is C11H17NO2. The molecule has 0 spiro atoms. The molecule has 0 radical (unpaired) electrons. The van der Waals surface area contributed by atoms with Crippen molar-refractivity contribution in [2.24, 2.45) is 5.73 Å². The second-order valence-corrected chi connectivity index (χ2v) is 3.52. The fourth-order valence-electron chi connectivity index (χ4n) is 1.08. The first-order valence-corrected chi connectivity index (χ1v) is 4.76. The number of hydrogen-bond donors (Lipinski definition) is 2. The van der Waals surface area contributed by atoms with Crippen LogP contribution in [-0.4, -0.2) is 17.8 Å². The van der Waals surface area contributed by atoms with Crippen molar-refractivity contribution in [2.45, 2.75) is 26.0 Å². The monoisotopic (exact) mass is 195 g/mol. The molecule has 3 nitrogen and oxygen atoms in total. The van der Waals surface area contributed by atoms with Gasteiger partial charge < -0.3 is 15.6 Å². The van der Waals surface area contributed by atoms with Gasteiger partial charge in [-0.3, -0.25) is 0 Å². The third-order valence-corrected chi connectivity index (χ3v) is 1.90. The van der Waals surface area contributed by atoms with Gasteiger partial charge in [0.2, 0.25) is 0 Å². The quantitative estimate of drug-likeness (QED) is 0.764. The highest BCUT2D eigenvalue weighted by molar-refractivity contribution is 5.28. The van der Waals surface area contributed by atoms with Crippen molar-refractivity contribution >= 4 is 0 Å². The first kappa shape index (κ1) is 11.0. The van der Waals surface area contributed by atoms with Crippen LogP contribution in [0.1, 0.15) is 25.5 Å². The van der Waals surface area contributed by atoms with Gasteiger partial charge in [0.15, 0.2) is 0 Å². The van der Waals surface area contributed by atoms with Crippen LogP contribution < -0.4 is 10.5 Å². The Labute approximate surface area is 84.5 Å². The Morgan fingerprint density at radius 2 is 1.86 bits per heavy atom. The van der Waals surface area contributed by atoms with Crippen LogP contribution in [0.15, 0.2) is 24.3 Å². The molecule has 0 saturated heterocycles. The summed E-state index contributed by atoms with van der Waals surface area (Å²) in [5, 5.41) is 9.01. The van der Waals surface area contributed by atoms with Gasteiger partial charge in [-0.15, -0.1) is 0 Å². The zero-order valence-corrected chi connectivity index (χ0v) is 8.60. The number of ether oxygens (including phenoxy) is 1. The summed E-state index contributed by atoms with van der Waals surface area (Å²) in [6.45, 7) is 3.94. The summed E-state index contributed by atoms with van der Waals surface area (Å²) in [5.74, 6) is 0.760. The second kappa shape index (κ2) is 4.98. The summed E-state index contributed by atoms with van der Waals surface area (Å²) in [6, 6.07) is 7.63. The van der Waals surface area contributed by atoms with Crippen molar-refractivity contribution in [2.75, 3.05) is 6.61 Å². The van der Waals surface area contributed by atoms with E-state index in [1.165, 1.54) is 0 Å². The Morgan fingerprint density at radius 3 is 2.29 bits per heavy atom. The van der Waals surface area contributed by atoms with E-state index in [-0.39, 0.29) is 6.04 Å². The van der Waals surface area contributed by atoms with Gasteiger partial charge >= 0.3 is 0 Å². The second-order valence-electron chi connectivity index (χ2n) is 3.52. The van der Waals surface area contributed by atoms with Gasteiger partial charge in [0.05, 0.1) is 6.10 Å². The van der Waals surface area contributed by atoms with Crippen molar-refractivity contribution < 1.29 is 9.84 Å². The molecular weight excluding hydrogens is 178 g/mol. The molecule has 0 aliphatic rings. The largest absolute Gasteiger partial charge is 0.491 e. The van der Waals surface area contributed by atoms with Crippen LogP contribution in [0.4, 0.5) is 0 Å². The smallest absolute Gasteiger partial charge is 0.119 e. The molecule has 0 aliphatic heterocycles. The molecule has 0 heterocycles. The van der Waals surface area contributed by atoms with Crippen molar-refractivity contribution in [3.8, 4) is 5.75 Å². The molecule has 2 atom stereocenters. The molecule has 1 aromatic carbocycles. The minimum Gasteiger partial charge on any atom is -0.491 e. The SMILES string of the molecule is CC(O)COc1ccc([C@H](C)N)cc1. The third-order valence-electron chi connectivity index (χ3n) is 1.90. The Hall–Kier alpha value is -1.06. The molecule has 0 saturated carbocycles. The standard InChI is InChI=1S/C11H17NO2/c1-8(13)7-14-11-5-3-10(4-6-11)9(2)12/h3-6,8-9,13H,7,12H2,1-2H3/t8?,9-/m0/s1. The zero-order valence-electron chi connectivity index (χ0n) is 8.60. The Kier molecular flexibility index (Phi) is 3.92. The van der Waals surface area contributed by atoms with Gasteiger partial charge in [-0.1, -0.05) is 12.1 Å². The number of aliphatic hydroxyl groups is 1. The number of benzene rings is 1. The summed E-state index contributed by atoms with van der Waals surface area (Å²) in [7, 11) is 0. The minimum atomic E-state index is -0.442. The van der Waals surface area contributed by atoms with Gasteiger partial charge in [-0.05, 0) is 31.5 Å². The van der Waals surface area contributed by atoms with E-state index in [0.29, 0.717) is 6.61 Å². The maximum atomic E-state index is 9.01. The van der Waals surface area contributed by atoms with Crippen molar-refractivity contribution in [3.05, 3.63) is 29.8 Å². The van der Waals surface area contributed by atoms with Crippen LogP contribution in [0, 0.1) is 0 Å². The van der Waals surface area contributed by atoms with Crippen LogP contribution in [0.25, 0.3) is 0 Å². The van der Waals surface area contributed by atoms with Gasteiger partial charge in [-0.25, -0.2) is 0 Å². The minimum absolute atomic E-state index is 0.0424.